The third-order valence-corrected chi connectivity index (χ3v) is 4.67. The van der Waals surface area contributed by atoms with Crippen molar-refractivity contribution in [1.82, 2.24) is 15.4 Å². The van der Waals surface area contributed by atoms with Gasteiger partial charge in [0.2, 0.25) is 0 Å². The zero-order chi connectivity index (χ0) is 18.4. The minimum Gasteiger partial charge on any atom is -0.194 e. The summed E-state index contributed by atoms with van der Waals surface area (Å²) >= 11 is 0. The van der Waals surface area contributed by atoms with Gasteiger partial charge in [0.15, 0.2) is 0 Å². The summed E-state index contributed by atoms with van der Waals surface area (Å²) < 4.78 is 13.2. The van der Waals surface area contributed by atoms with Gasteiger partial charge in [-0.25, -0.2) is 0 Å². The first-order valence-electron chi connectivity index (χ1n) is 8.77. The Balaban J connectivity index is 2.04. The lowest BCUT2D eigenvalue weighted by molar-refractivity contribution is 0.377. The Hall–Kier alpha value is -2.23. The minimum atomic E-state index is -0.582. The van der Waals surface area contributed by atoms with Crippen LogP contribution in [0.15, 0.2) is 52.7 Å². The molecule has 3 nitrogen and oxygen atoms in total. The van der Waals surface area contributed by atoms with E-state index in [0.717, 1.165) is 5.57 Å². The fourth-order valence-electron chi connectivity index (χ4n) is 3.21. The van der Waals surface area contributed by atoms with Gasteiger partial charge in [0.05, 0.1) is 0 Å². The first kappa shape index (κ1) is 19.1. The Morgan fingerprint density at radius 3 is 2.56 bits per heavy atom. The Labute approximate surface area is 150 Å². The average Bonchev–Trinajstić information content (AvgIpc) is 2.91. The molecule has 0 bridgehead atoms. The first-order valence-corrected chi connectivity index (χ1v) is 8.77. The molecule has 1 N–H and O–H groups in total. The zero-order valence-electron chi connectivity index (χ0n) is 15.9. The smallest absolute Gasteiger partial charge is 0.194 e. The highest BCUT2D eigenvalue weighted by Crippen LogP contribution is 2.40. The maximum absolute atomic E-state index is 13.2. The molecule has 2 rings (SSSR count). The summed E-state index contributed by atoms with van der Waals surface area (Å²) in [4.78, 5) is 0. The van der Waals surface area contributed by atoms with Gasteiger partial charge >= 0.3 is 0 Å². The van der Waals surface area contributed by atoms with Gasteiger partial charge in [0.25, 0.3) is 5.95 Å². The standard InChI is InChI=1S/C21H28FN3/c1-15(11-12-18-17(3)10-7-13-21(18,4)5)8-6-9-16(2)14-19-20(22)24-25-23-19/h6,8-9,11-12,14H,7,10,13H2,1-5H3,(H,23,24,25)/b9-6+,12-11+,15-8+,16-14+. The van der Waals surface area contributed by atoms with E-state index in [4.69, 9.17) is 0 Å². The molecule has 1 aliphatic carbocycles. The maximum atomic E-state index is 13.2. The molecule has 0 atom stereocenters. The number of halogens is 1. The van der Waals surface area contributed by atoms with Crippen molar-refractivity contribution in [2.75, 3.05) is 0 Å². The maximum Gasteiger partial charge on any atom is 0.259 e. The van der Waals surface area contributed by atoms with Gasteiger partial charge in [-0.15, -0.1) is 5.10 Å². The third-order valence-electron chi connectivity index (χ3n) is 4.67. The van der Waals surface area contributed by atoms with E-state index in [9.17, 15) is 4.39 Å². The number of allylic oxidation sites excluding steroid dienone is 9. The van der Waals surface area contributed by atoms with E-state index in [2.05, 4.69) is 61.3 Å². The number of H-pyrrole nitrogens is 1. The molecule has 1 heterocycles. The van der Waals surface area contributed by atoms with Crippen molar-refractivity contribution in [3.05, 3.63) is 64.3 Å². The fraction of sp³-hybridized carbons (Fsp3) is 0.429. The highest BCUT2D eigenvalue weighted by atomic mass is 19.1. The van der Waals surface area contributed by atoms with Gasteiger partial charge in [-0.2, -0.15) is 14.7 Å². The lowest BCUT2D eigenvalue weighted by atomic mass is 9.72. The summed E-state index contributed by atoms with van der Waals surface area (Å²) in [6.45, 7) is 10.9. The summed E-state index contributed by atoms with van der Waals surface area (Å²) in [5.41, 5.74) is 5.55. The first-order chi connectivity index (χ1) is 11.8. The van der Waals surface area contributed by atoms with Crippen molar-refractivity contribution in [2.45, 2.75) is 53.9 Å². The molecule has 0 spiro atoms. The Kier molecular flexibility index (Phi) is 6.29. The molecule has 25 heavy (non-hydrogen) atoms. The van der Waals surface area contributed by atoms with Crippen molar-refractivity contribution in [2.24, 2.45) is 5.41 Å². The molecule has 0 amide bonds. The molecule has 1 aromatic rings. The fourth-order valence-corrected chi connectivity index (χ4v) is 3.21. The summed E-state index contributed by atoms with van der Waals surface area (Å²) in [5.74, 6) is -0.582. The minimum absolute atomic E-state index is 0.227. The van der Waals surface area contributed by atoms with Crippen molar-refractivity contribution < 1.29 is 4.39 Å². The summed E-state index contributed by atoms with van der Waals surface area (Å²) in [6.07, 6.45) is 15.8. The van der Waals surface area contributed by atoms with Crippen LogP contribution in [0.4, 0.5) is 4.39 Å². The van der Waals surface area contributed by atoms with Crippen LogP contribution in [0, 0.1) is 11.4 Å². The van der Waals surface area contributed by atoms with Crippen LogP contribution in [0.3, 0.4) is 0 Å². The van der Waals surface area contributed by atoms with E-state index < -0.39 is 5.95 Å². The summed E-state index contributed by atoms with van der Waals surface area (Å²) in [7, 11) is 0. The Bertz CT molecular complexity index is 758. The van der Waals surface area contributed by atoms with E-state index >= 15 is 0 Å². The molecule has 4 heteroatoms. The van der Waals surface area contributed by atoms with Crippen LogP contribution >= 0.6 is 0 Å². The number of nitrogens with one attached hydrogen (secondary N) is 1. The number of aromatic nitrogens is 3. The van der Waals surface area contributed by atoms with E-state index in [1.165, 1.54) is 36.0 Å². The number of rotatable bonds is 5. The van der Waals surface area contributed by atoms with Crippen molar-refractivity contribution >= 4 is 6.08 Å². The monoisotopic (exact) mass is 341 g/mol. The van der Waals surface area contributed by atoms with Gasteiger partial charge < -0.3 is 0 Å². The summed E-state index contributed by atoms with van der Waals surface area (Å²) in [5, 5.41) is 9.38. The molecule has 0 saturated heterocycles. The van der Waals surface area contributed by atoms with E-state index in [0.29, 0.717) is 0 Å². The van der Waals surface area contributed by atoms with Crippen LogP contribution in [-0.2, 0) is 0 Å². The third kappa shape index (κ3) is 5.38. The van der Waals surface area contributed by atoms with E-state index in [1.54, 1.807) is 6.08 Å². The van der Waals surface area contributed by atoms with Gasteiger partial charge in [-0.1, -0.05) is 55.4 Å². The highest BCUT2D eigenvalue weighted by Gasteiger charge is 2.26. The normalized spacial score (nSPS) is 19.4. The van der Waals surface area contributed by atoms with Gasteiger partial charge in [-0.05, 0) is 62.7 Å². The Morgan fingerprint density at radius 2 is 1.92 bits per heavy atom. The zero-order valence-corrected chi connectivity index (χ0v) is 15.9. The molecular weight excluding hydrogens is 313 g/mol. The number of aromatic amines is 1. The van der Waals surface area contributed by atoms with Crippen LogP contribution < -0.4 is 0 Å². The van der Waals surface area contributed by atoms with Gasteiger partial charge in [0.1, 0.15) is 5.69 Å². The second-order valence-electron chi connectivity index (χ2n) is 7.42. The molecule has 1 aromatic heterocycles. The highest BCUT2D eigenvalue weighted by molar-refractivity contribution is 5.51. The quantitative estimate of drug-likeness (QED) is 0.674. The predicted octanol–water partition coefficient (Wildman–Crippen LogP) is 5.93. The van der Waals surface area contributed by atoms with Crippen LogP contribution in [0.2, 0.25) is 0 Å². The van der Waals surface area contributed by atoms with E-state index in [-0.39, 0.29) is 11.1 Å². The molecule has 0 aliphatic heterocycles. The van der Waals surface area contributed by atoms with Crippen LogP contribution in [0.1, 0.15) is 59.6 Å². The van der Waals surface area contributed by atoms with Crippen LogP contribution in [0.25, 0.3) is 6.08 Å². The van der Waals surface area contributed by atoms with Gasteiger partial charge in [-0.3, -0.25) is 0 Å². The van der Waals surface area contributed by atoms with Crippen molar-refractivity contribution in [3.8, 4) is 0 Å². The van der Waals surface area contributed by atoms with Crippen molar-refractivity contribution in [3.63, 3.8) is 0 Å². The van der Waals surface area contributed by atoms with Gasteiger partial charge in [0, 0.05) is 0 Å². The molecule has 0 saturated carbocycles. The summed E-state index contributed by atoms with van der Waals surface area (Å²) in [6, 6.07) is 0. The lowest BCUT2D eigenvalue weighted by Gasteiger charge is -2.32. The predicted molar refractivity (Wildman–Crippen MR) is 102 cm³/mol. The number of hydrogen-bond donors (Lipinski definition) is 1. The van der Waals surface area contributed by atoms with E-state index in [1.807, 2.05) is 19.1 Å². The average molecular weight is 341 g/mol. The largest absolute Gasteiger partial charge is 0.259 e. The Morgan fingerprint density at radius 1 is 1.16 bits per heavy atom. The number of hydrogen-bond acceptors (Lipinski definition) is 2. The molecule has 134 valence electrons. The molecule has 0 unspecified atom stereocenters. The topological polar surface area (TPSA) is 41.6 Å². The second kappa shape index (κ2) is 8.24. The SMILES string of the molecule is CC1=C(/C=C/C(C)=C/C=C/C(C)=C/c2n[nH]nc2F)C(C)(C)CCC1. The molecule has 0 radical (unpaired) electrons. The van der Waals surface area contributed by atoms with Crippen molar-refractivity contribution in [1.29, 1.82) is 0 Å². The second-order valence-corrected chi connectivity index (χ2v) is 7.42. The molecule has 0 fully saturated rings. The molecular formula is C21H28FN3. The van der Waals surface area contributed by atoms with Crippen LogP contribution in [0.5, 0.6) is 0 Å². The molecule has 0 aromatic carbocycles. The molecule has 1 aliphatic rings. The number of nitrogens with zero attached hydrogens (tertiary/aromatic N) is 2. The lowest BCUT2D eigenvalue weighted by Crippen LogP contribution is -2.19. The van der Waals surface area contributed by atoms with Crippen LogP contribution in [-0.4, -0.2) is 15.4 Å².